The van der Waals surface area contributed by atoms with Gasteiger partial charge in [0.2, 0.25) is 0 Å². The Morgan fingerprint density at radius 3 is 2.60 bits per heavy atom. The van der Waals surface area contributed by atoms with Crippen LogP contribution in [0.2, 0.25) is 0 Å². The molecule has 0 saturated heterocycles. The minimum atomic E-state index is -0.324. The lowest BCUT2D eigenvalue weighted by molar-refractivity contribution is 0.330. The largest absolute Gasteiger partial charge is 0.390 e. The van der Waals surface area contributed by atoms with Crippen molar-refractivity contribution in [2.45, 2.75) is 6.92 Å². The van der Waals surface area contributed by atoms with Crippen molar-refractivity contribution in [3.05, 3.63) is 23.7 Å². The highest BCUT2D eigenvalue weighted by molar-refractivity contribution is 5.30. The summed E-state index contributed by atoms with van der Waals surface area (Å²) in [6.07, 6.45) is 2.60. The Hall–Kier alpha value is -0.960. The van der Waals surface area contributed by atoms with E-state index >= 15 is 0 Å². The molecule has 0 amide bonds. The third-order valence-electron chi connectivity index (χ3n) is 0.870. The summed E-state index contributed by atoms with van der Waals surface area (Å²) in [6, 6.07) is 0. The first-order valence-corrected chi connectivity index (χ1v) is 2.81. The molecule has 0 radical (unpaired) electrons. The number of halogens is 1. The Labute approximate surface area is 59.4 Å². The van der Waals surface area contributed by atoms with Crippen molar-refractivity contribution in [2.24, 2.45) is 4.99 Å². The van der Waals surface area contributed by atoms with Crippen LogP contribution in [-0.2, 0) is 0 Å². The second-order valence-corrected chi connectivity index (χ2v) is 1.73. The van der Waals surface area contributed by atoms with E-state index in [2.05, 4.69) is 11.7 Å². The van der Waals surface area contributed by atoms with E-state index in [0.29, 0.717) is 5.70 Å². The first kappa shape index (κ1) is 9.04. The number of aliphatic hydroxyl groups excluding tert-OH is 1. The van der Waals surface area contributed by atoms with E-state index in [-0.39, 0.29) is 12.4 Å². The first-order chi connectivity index (χ1) is 4.70. The summed E-state index contributed by atoms with van der Waals surface area (Å²) < 4.78 is 12.0. The summed E-state index contributed by atoms with van der Waals surface area (Å²) in [6.45, 7) is 4.28. The molecule has 0 fully saturated rings. The quantitative estimate of drug-likeness (QED) is 0.470. The van der Waals surface area contributed by atoms with Gasteiger partial charge in [-0.15, -0.1) is 0 Å². The molecule has 0 aromatic heterocycles. The van der Waals surface area contributed by atoms with Crippen LogP contribution in [0.15, 0.2) is 28.7 Å². The highest BCUT2D eigenvalue weighted by Crippen LogP contribution is 1.98. The van der Waals surface area contributed by atoms with Gasteiger partial charge in [-0.2, -0.15) is 0 Å². The smallest absolute Gasteiger partial charge is 0.0969 e. The fraction of sp³-hybridized carbons (Fsp3) is 0.286. The van der Waals surface area contributed by atoms with E-state index in [0.717, 1.165) is 0 Å². The number of nitrogens with zero attached hydrogens (tertiary/aromatic N) is 1. The molecule has 0 aromatic rings. The molecule has 10 heavy (non-hydrogen) atoms. The molecule has 0 heterocycles. The zero-order chi connectivity index (χ0) is 7.98. The van der Waals surface area contributed by atoms with Crippen molar-refractivity contribution in [1.82, 2.24) is 0 Å². The van der Waals surface area contributed by atoms with E-state index in [1.54, 1.807) is 0 Å². The second kappa shape index (κ2) is 4.88. The van der Waals surface area contributed by atoms with Crippen LogP contribution in [0.5, 0.6) is 0 Å². The average molecular weight is 143 g/mol. The molecule has 3 heteroatoms. The molecule has 0 bridgehead atoms. The number of aliphatic hydroxyl groups is 1. The Morgan fingerprint density at radius 1 is 1.70 bits per heavy atom. The van der Waals surface area contributed by atoms with Crippen molar-refractivity contribution >= 4 is 6.72 Å². The third-order valence-corrected chi connectivity index (χ3v) is 0.870. The molecule has 1 N–H and O–H groups in total. The summed E-state index contributed by atoms with van der Waals surface area (Å²) >= 11 is 0. The fourth-order valence-corrected chi connectivity index (χ4v) is 0.366. The lowest BCUT2D eigenvalue weighted by atomic mass is 10.4. The molecular weight excluding hydrogens is 133 g/mol. The summed E-state index contributed by atoms with van der Waals surface area (Å²) in [5.41, 5.74) is 0.358. The fourth-order valence-electron chi connectivity index (χ4n) is 0.366. The van der Waals surface area contributed by atoms with Crippen molar-refractivity contribution < 1.29 is 9.50 Å². The van der Waals surface area contributed by atoms with Crippen LogP contribution in [0.1, 0.15) is 6.92 Å². The zero-order valence-electron chi connectivity index (χ0n) is 5.84. The van der Waals surface area contributed by atoms with E-state index < -0.39 is 0 Å². The van der Waals surface area contributed by atoms with Gasteiger partial charge in [0.1, 0.15) is 0 Å². The number of aliphatic imine (C=N–C) groups is 1. The highest BCUT2D eigenvalue weighted by atomic mass is 19.1. The van der Waals surface area contributed by atoms with Gasteiger partial charge >= 0.3 is 0 Å². The molecule has 0 atom stereocenters. The van der Waals surface area contributed by atoms with Gasteiger partial charge in [0.05, 0.1) is 18.1 Å². The van der Waals surface area contributed by atoms with E-state index in [1.807, 2.05) is 0 Å². The zero-order valence-corrected chi connectivity index (χ0v) is 5.84. The molecule has 0 aromatic carbocycles. The Bertz CT molecular complexity index is 168. The minimum absolute atomic E-state index is 0.215. The van der Waals surface area contributed by atoms with E-state index in [1.165, 1.54) is 19.1 Å². The molecule has 0 rings (SSSR count). The number of hydrogen-bond acceptors (Lipinski definition) is 2. The number of rotatable bonds is 3. The summed E-state index contributed by atoms with van der Waals surface area (Å²) in [5, 5.41) is 8.49. The van der Waals surface area contributed by atoms with Gasteiger partial charge in [0, 0.05) is 0 Å². The van der Waals surface area contributed by atoms with Gasteiger partial charge in [-0.05, 0) is 25.8 Å². The topological polar surface area (TPSA) is 32.6 Å². The van der Waals surface area contributed by atoms with Gasteiger partial charge < -0.3 is 5.11 Å². The summed E-state index contributed by atoms with van der Waals surface area (Å²) in [4.78, 5) is 3.43. The van der Waals surface area contributed by atoms with Crippen LogP contribution < -0.4 is 0 Å². The van der Waals surface area contributed by atoms with Gasteiger partial charge in [-0.25, -0.2) is 4.39 Å². The second-order valence-electron chi connectivity index (χ2n) is 1.73. The van der Waals surface area contributed by atoms with Gasteiger partial charge in [-0.3, -0.25) is 4.99 Å². The Balaban J connectivity index is 4.12. The maximum absolute atomic E-state index is 12.0. The van der Waals surface area contributed by atoms with Crippen LogP contribution in [0.3, 0.4) is 0 Å². The molecule has 0 aliphatic rings. The SMILES string of the molecule is C=N/C(=C\C=C(/C)F)CO. The molecule has 0 saturated carbocycles. The monoisotopic (exact) mass is 143 g/mol. The van der Waals surface area contributed by atoms with Gasteiger partial charge in [0.15, 0.2) is 0 Å². The maximum atomic E-state index is 12.0. The normalized spacial score (nSPS) is 13.5. The van der Waals surface area contributed by atoms with Crippen LogP contribution in [0, 0.1) is 0 Å². The van der Waals surface area contributed by atoms with Crippen LogP contribution in [-0.4, -0.2) is 18.4 Å². The predicted octanol–water partition coefficient (Wildman–Crippen LogP) is 1.44. The minimum Gasteiger partial charge on any atom is -0.390 e. The van der Waals surface area contributed by atoms with Crippen LogP contribution >= 0.6 is 0 Å². The van der Waals surface area contributed by atoms with Crippen molar-refractivity contribution in [3.63, 3.8) is 0 Å². The number of hydrogen-bond donors (Lipinski definition) is 1. The maximum Gasteiger partial charge on any atom is 0.0969 e. The molecular formula is C7H10FNO. The summed E-state index contributed by atoms with van der Waals surface area (Å²) in [7, 11) is 0. The molecule has 0 unspecified atom stereocenters. The van der Waals surface area contributed by atoms with E-state index in [4.69, 9.17) is 5.11 Å². The first-order valence-electron chi connectivity index (χ1n) is 2.81. The van der Waals surface area contributed by atoms with Crippen LogP contribution in [0.4, 0.5) is 4.39 Å². The Kier molecular flexibility index (Phi) is 4.41. The average Bonchev–Trinajstić information content (AvgIpc) is 1.90. The van der Waals surface area contributed by atoms with Crippen molar-refractivity contribution in [2.75, 3.05) is 6.61 Å². The van der Waals surface area contributed by atoms with Crippen molar-refractivity contribution in [3.8, 4) is 0 Å². The lowest BCUT2D eigenvalue weighted by Gasteiger charge is -1.89. The molecule has 2 nitrogen and oxygen atoms in total. The highest BCUT2D eigenvalue weighted by Gasteiger charge is 1.85. The van der Waals surface area contributed by atoms with E-state index in [9.17, 15) is 4.39 Å². The van der Waals surface area contributed by atoms with Crippen LogP contribution in [0.25, 0.3) is 0 Å². The standard InChI is InChI=1S/C7H10FNO/c1-6(8)3-4-7(5-10)9-2/h3-4,10H,2,5H2,1H3/b6-3+,7-4-. The predicted molar refractivity (Wildman–Crippen MR) is 39.6 cm³/mol. The molecule has 0 aliphatic heterocycles. The van der Waals surface area contributed by atoms with Gasteiger partial charge in [-0.1, -0.05) is 0 Å². The Morgan fingerprint density at radius 2 is 2.30 bits per heavy atom. The number of allylic oxidation sites excluding steroid dienone is 3. The lowest BCUT2D eigenvalue weighted by Crippen LogP contribution is -1.83. The third kappa shape index (κ3) is 3.97. The van der Waals surface area contributed by atoms with Crippen molar-refractivity contribution in [1.29, 1.82) is 0 Å². The molecule has 0 aliphatic carbocycles. The molecule has 56 valence electrons. The molecule has 0 spiro atoms. The summed E-state index contributed by atoms with van der Waals surface area (Å²) in [5.74, 6) is -0.324. The van der Waals surface area contributed by atoms with Gasteiger partial charge in [0.25, 0.3) is 0 Å².